The van der Waals surface area contributed by atoms with Gasteiger partial charge in [-0.1, -0.05) is 5.11 Å². The minimum Gasteiger partial charge on any atom is -0.467 e. The van der Waals surface area contributed by atoms with Gasteiger partial charge >= 0.3 is 21.6 Å². The molecule has 0 N–H and O–H groups in total. The van der Waals surface area contributed by atoms with Gasteiger partial charge in [-0.2, -0.15) is 21.6 Å². The molecular weight excluding hydrogens is 271 g/mol. The van der Waals surface area contributed by atoms with Crippen molar-refractivity contribution in [3.8, 4) is 0 Å². The minimum atomic E-state index is -5.97. The van der Waals surface area contributed by atoms with E-state index in [-0.39, 0.29) is 0 Å². The molecule has 0 radical (unpaired) electrons. The highest BCUT2D eigenvalue weighted by atomic mass is 32.2. The van der Waals surface area contributed by atoms with Crippen LogP contribution in [-0.4, -0.2) is 39.7 Å². The van der Waals surface area contributed by atoms with Crippen molar-refractivity contribution in [2.75, 3.05) is 13.7 Å². The number of carbonyl (C=O) groups is 1. The van der Waals surface area contributed by atoms with Crippen molar-refractivity contribution in [2.24, 2.45) is 5.11 Å². The average molecular weight is 277 g/mol. The molecule has 0 saturated heterocycles. The molecule has 0 aliphatic rings. The van der Waals surface area contributed by atoms with E-state index < -0.39 is 34.2 Å². The van der Waals surface area contributed by atoms with Crippen LogP contribution in [0.25, 0.3) is 10.4 Å². The number of azide groups is 1. The lowest BCUT2D eigenvalue weighted by Crippen LogP contribution is -2.36. The van der Waals surface area contributed by atoms with Crippen LogP contribution in [0.15, 0.2) is 5.11 Å². The Morgan fingerprint density at radius 3 is 2.41 bits per heavy atom. The van der Waals surface area contributed by atoms with Crippen LogP contribution in [0.2, 0.25) is 0 Å². The molecule has 12 heteroatoms. The number of methoxy groups -OCH3 is 1. The van der Waals surface area contributed by atoms with Crippen molar-refractivity contribution in [3.63, 3.8) is 0 Å². The standard InChI is InChI=1S/C5H6F3N3O5S/c1-15-4(12)3(2-10-11-9)16-17(13,14)5(6,7)8/h3H,2H2,1H3/t3-/m1/s1. The highest BCUT2D eigenvalue weighted by Gasteiger charge is 2.49. The number of rotatable bonds is 5. The summed E-state index contributed by atoms with van der Waals surface area (Å²) in [6, 6.07) is 0. The Balaban J connectivity index is 5.00. The van der Waals surface area contributed by atoms with Gasteiger partial charge in [0.25, 0.3) is 0 Å². The molecule has 8 nitrogen and oxygen atoms in total. The number of esters is 1. The lowest BCUT2D eigenvalue weighted by molar-refractivity contribution is -0.148. The third-order valence-electron chi connectivity index (χ3n) is 1.30. The third-order valence-corrected chi connectivity index (χ3v) is 2.35. The number of alkyl halides is 3. The zero-order valence-electron chi connectivity index (χ0n) is 8.21. The molecule has 0 fully saturated rings. The van der Waals surface area contributed by atoms with E-state index in [0.29, 0.717) is 0 Å². The second kappa shape index (κ2) is 5.70. The zero-order chi connectivity index (χ0) is 13.7. The zero-order valence-corrected chi connectivity index (χ0v) is 9.03. The first kappa shape index (κ1) is 15.5. The van der Waals surface area contributed by atoms with Gasteiger partial charge in [0.05, 0.1) is 13.7 Å². The number of carbonyl (C=O) groups excluding carboxylic acids is 1. The van der Waals surface area contributed by atoms with E-state index in [0.717, 1.165) is 7.11 Å². The number of ether oxygens (including phenoxy) is 1. The summed E-state index contributed by atoms with van der Waals surface area (Å²) in [7, 11) is -5.17. The van der Waals surface area contributed by atoms with Crippen molar-refractivity contribution in [2.45, 2.75) is 11.6 Å². The van der Waals surface area contributed by atoms with Crippen LogP contribution in [0, 0.1) is 0 Å². The topological polar surface area (TPSA) is 118 Å². The van der Waals surface area contributed by atoms with Gasteiger partial charge in [0, 0.05) is 4.91 Å². The molecule has 0 saturated carbocycles. The lowest BCUT2D eigenvalue weighted by Gasteiger charge is -2.14. The Bertz CT molecular complexity index is 427. The maximum Gasteiger partial charge on any atom is 0.523 e. The summed E-state index contributed by atoms with van der Waals surface area (Å²) in [4.78, 5) is 13.0. The van der Waals surface area contributed by atoms with Gasteiger partial charge in [0.2, 0.25) is 0 Å². The maximum absolute atomic E-state index is 11.9. The molecule has 0 rings (SSSR count). The summed E-state index contributed by atoms with van der Waals surface area (Å²) in [5, 5.41) is 2.73. The molecule has 0 unspecified atom stereocenters. The lowest BCUT2D eigenvalue weighted by atomic mass is 10.4. The Morgan fingerprint density at radius 2 is 2.06 bits per heavy atom. The molecule has 0 aromatic carbocycles. The molecule has 0 aliphatic heterocycles. The van der Waals surface area contributed by atoms with Crippen LogP contribution in [0.1, 0.15) is 0 Å². The van der Waals surface area contributed by atoms with Crippen LogP contribution >= 0.6 is 0 Å². The van der Waals surface area contributed by atoms with Gasteiger partial charge in [0.1, 0.15) is 0 Å². The Labute approximate surface area is 93.1 Å². The fraction of sp³-hybridized carbons (Fsp3) is 0.800. The van der Waals surface area contributed by atoms with Gasteiger partial charge in [-0.3, -0.25) is 0 Å². The van der Waals surface area contributed by atoms with Crippen molar-refractivity contribution < 1.29 is 35.3 Å². The molecule has 17 heavy (non-hydrogen) atoms. The van der Waals surface area contributed by atoms with E-state index in [1.165, 1.54) is 0 Å². The van der Waals surface area contributed by atoms with E-state index in [1.807, 2.05) is 0 Å². The molecule has 0 bridgehead atoms. The second-order valence-corrected chi connectivity index (χ2v) is 3.98. The third kappa shape index (κ3) is 4.46. The fourth-order valence-corrected chi connectivity index (χ4v) is 1.15. The van der Waals surface area contributed by atoms with E-state index in [9.17, 15) is 26.4 Å². The monoisotopic (exact) mass is 277 g/mol. The van der Waals surface area contributed by atoms with Crippen LogP contribution in [0.3, 0.4) is 0 Å². The van der Waals surface area contributed by atoms with Crippen molar-refractivity contribution in [1.29, 1.82) is 0 Å². The molecule has 0 spiro atoms. The van der Waals surface area contributed by atoms with Crippen LogP contribution < -0.4 is 0 Å². The molecule has 1 atom stereocenters. The number of hydrogen-bond acceptors (Lipinski definition) is 6. The van der Waals surface area contributed by atoms with E-state index in [1.54, 1.807) is 0 Å². The smallest absolute Gasteiger partial charge is 0.467 e. The number of halogens is 3. The quantitative estimate of drug-likeness (QED) is 0.183. The fourth-order valence-electron chi connectivity index (χ4n) is 0.594. The largest absolute Gasteiger partial charge is 0.523 e. The summed E-state index contributed by atoms with van der Waals surface area (Å²) in [6.45, 7) is -0.946. The van der Waals surface area contributed by atoms with E-state index in [2.05, 4.69) is 18.9 Å². The predicted molar refractivity (Wildman–Crippen MR) is 45.9 cm³/mol. The summed E-state index contributed by atoms with van der Waals surface area (Å²) in [5.74, 6) is -1.41. The average Bonchev–Trinajstić information content (AvgIpc) is 2.21. The summed E-state index contributed by atoms with van der Waals surface area (Å²) in [6.07, 6.45) is -2.18. The van der Waals surface area contributed by atoms with Crippen LogP contribution in [0.4, 0.5) is 13.2 Å². The molecule has 0 heterocycles. The highest BCUT2D eigenvalue weighted by molar-refractivity contribution is 7.87. The summed E-state index contributed by atoms with van der Waals surface area (Å²) in [5.41, 5.74) is 2.22. The Kier molecular flexibility index (Phi) is 5.19. The van der Waals surface area contributed by atoms with E-state index >= 15 is 0 Å². The van der Waals surface area contributed by atoms with Gasteiger partial charge in [-0.25, -0.2) is 8.98 Å². The van der Waals surface area contributed by atoms with Crippen molar-refractivity contribution in [3.05, 3.63) is 10.4 Å². The summed E-state index contributed by atoms with van der Waals surface area (Å²) < 4.78 is 64.4. The minimum absolute atomic E-state index is 0.801. The molecule has 0 aliphatic carbocycles. The molecule has 0 aromatic rings. The molecular formula is C5H6F3N3O5S. The Morgan fingerprint density at radius 1 is 1.53 bits per heavy atom. The van der Waals surface area contributed by atoms with Crippen molar-refractivity contribution in [1.82, 2.24) is 0 Å². The number of nitrogens with zero attached hydrogens (tertiary/aromatic N) is 3. The molecule has 0 amide bonds. The number of hydrogen-bond donors (Lipinski definition) is 0. The predicted octanol–water partition coefficient (Wildman–Crippen LogP) is 0.704. The second-order valence-electron chi connectivity index (χ2n) is 2.42. The first-order chi connectivity index (χ1) is 7.65. The van der Waals surface area contributed by atoms with Crippen LogP contribution in [-0.2, 0) is 23.8 Å². The summed E-state index contributed by atoms with van der Waals surface area (Å²) >= 11 is 0. The molecule has 98 valence electrons. The first-order valence-electron chi connectivity index (χ1n) is 3.74. The van der Waals surface area contributed by atoms with Gasteiger partial charge < -0.3 is 4.74 Å². The SMILES string of the molecule is COC(=O)[C@@H](CN=[N+]=[N-])OS(=O)(=O)C(F)(F)F. The van der Waals surface area contributed by atoms with Crippen molar-refractivity contribution >= 4 is 16.1 Å². The first-order valence-corrected chi connectivity index (χ1v) is 5.14. The van der Waals surface area contributed by atoms with Gasteiger partial charge in [-0.05, 0) is 5.53 Å². The van der Waals surface area contributed by atoms with Gasteiger partial charge in [0.15, 0.2) is 6.10 Å². The van der Waals surface area contributed by atoms with E-state index in [4.69, 9.17) is 5.53 Å². The van der Waals surface area contributed by atoms with Crippen LogP contribution in [0.5, 0.6) is 0 Å². The normalized spacial score (nSPS) is 13.6. The molecule has 0 aromatic heterocycles. The maximum atomic E-state index is 11.9. The Hall–Kier alpha value is -1.52. The van der Waals surface area contributed by atoms with Gasteiger partial charge in [-0.15, -0.1) is 0 Å². The highest BCUT2D eigenvalue weighted by Crippen LogP contribution is 2.25.